The van der Waals surface area contributed by atoms with Gasteiger partial charge in [0.05, 0.1) is 12.7 Å². The van der Waals surface area contributed by atoms with Crippen LogP contribution < -0.4 is 0 Å². The summed E-state index contributed by atoms with van der Waals surface area (Å²) in [5.41, 5.74) is 3.66. The van der Waals surface area contributed by atoms with E-state index in [2.05, 4.69) is 0 Å². The molecule has 0 fully saturated rings. The number of furan rings is 1. The molecule has 1 amide bonds. The zero-order chi connectivity index (χ0) is 17.8. The molecule has 0 saturated heterocycles. The van der Waals surface area contributed by atoms with E-state index in [9.17, 15) is 9.59 Å². The number of esters is 1. The maximum Gasteiger partial charge on any atom is 0.310 e. The van der Waals surface area contributed by atoms with Crippen LogP contribution in [0.2, 0.25) is 0 Å². The van der Waals surface area contributed by atoms with Crippen LogP contribution in [-0.2, 0) is 27.3 Å². The summed E-state index contributed by atoms with van der Waals surface area (Å²) in [5.74, 6) is -0.673. The first-order chi connectivity index (χ1) is 12.0. The lowest BCUT2D eigenvalue weighted by atomic mass is 10.1. The van der Waals surface area contributed by atoms with Crippen LogP contribution in [0.4, 0.5) is 0 Å². The van der Waals surface area contributed by atoms with Crippen molar-refractivity contribution in [2.75, 3.05) is 13.7 Å². The first-order valence-electron chi connectivity index (χ1n) is 7.90. The van der Waals surface area contributed by atoms with E-state index in [1.54, 1.807) is 29.5 Å². The Labute approximate surface area is 149 Å². The Kier molecular flexibility index (Phi) is 5.19. The summed E-state index contributed by atoms with van der Waals surface area (Å²) in [7, 11) is 1.69. The van der Waals surface area contributed by atoms with E-state index in [4.69, 9.17) is 9.15 Å². The molecule has 0 spiro atoms. The highest BCUT2D eigenvalue weighted by Gasteiger charge is 2.15. The highest BCUT2D eigenvalue weighted by atomic mass is 32.1. The Hall–Kier alpha value is -2.60. The van der Waals surface area contributed by atoms with Gasteiger partial charge in [0.2, 0.25) is 0 Å². The molecule has 6 heteroatoms. The number of carbonyl (C=O) groups is 2. The van der Waals surface area contributed by atoms with Crippen molar-refractivity contribution in [3.8, 4) is 0 Å². The second-order valence-electron chi connectivity index (χ2n) is 5.98. The summed E-state index contributed by atoms with van der Waals surface area (Å²) in [5, 5.41) is 4.84. The molecule has 0 unspecified atom stereocenters. The Morgan fingerprint density at radius 3 is 2.88 bits per heavy atom. The van der Waals surface area contributed by atoms with E-state index in [-0.39, 0.29) is 18.9 Å². The zero-order valence-corrected chi connectivity index (χ0v) is 15.0. The Bertz CT molecular complexity index is 882. The second kappa shape index (κ2) is 7.53. The van der Waals surface area contributed by atoms with Gasteiger partial charge in [-0.05, 0) is 40.9 Å². The van der Waals surface area contributed by atoms with E-state index in [1.807, 2.05) is 41.9 Å². The first-order valence-corrected chi connectivity index (χ1v) is 8.84. The number of carbonyl (C=O) groups excluding carboxylic acids is 2. The SMILES string of the molecule is Cc1ccc2c(CC(=O)OCC(=O)N(C)Cc3ccsc3)coc2c1. The van der Waals surface area contributed by atoms with E-state index in [0.29, 0.717) is 6.54 Å². The number of hydrogen-bond acceptors (Lipinski definition) is 5. The molecular formula is C19H19NO4S. The third-order valence-corrected chi connectivity index (χ3v) is 4.66. The van der Waals surface area contributed by atoms with Gasteiger partial charge >= 0.3 is 5.97 Å². The number of amides is 1. The minimum atomic E-state index is -0.444. The summed E-state index contributed by atoms with van der Waals surface area (Å²) in [6, 6.07) is 7.78. The number of hydrogen-bond donors (Lipinski definition) is 0. The smallest absolute Gasteiger partial charge is 0.310 e. The Balaban J connectivity index is 1.52. The molecule has 5 nitrogen and oxygen atoms in total. The summed E-state index contributed by atoms with van der Waals surface area (Å²) in [4.78, 5) is 25.6. The lowest BCUT2D eigenvalue weighted by Crippen LogP contribution is -2.30. The van der Waals surface area contributed by atoms with Crippen molar-refractivity contribution >= 4 is 34.2 Å². The molecule has 0 bridgehead atoms. The minimum absolute atomic E-state index is 0.0809. The number of fused-ring (bicyclic) bond motifs is 1. The Morgan fingerprint density at radius 2 is 2.12 bits per heavy atom. The molecular weight excluding hydrogens is 338 g/mol. The molecule has 2 heterocycles. The fourth-order valence-electron chi connectivity index (χ4n) is 2.53. The van der Waals surface area contributed by atoms with Crippen molar-refractivity contribution in [3.63, 3.8) is 0 Å². The predicted octanol–water partition coefficient (Wildman–Crippen LogP) is 3.55. The third kappa shape index (κ3) is 4.28. The molecule has 0 saturated carbocycles. The number of aryl methyl sites for hydroxylation is 1. The molecule has 0 radical (unpaired) electrons. The second-order valence-corrected chi connectivity index (χ2v) is 6.76. The lowest BCUT2D eigenvalue weighted by Gasteiger charge is -2.16. The summed E-state index contributed by atoms with van der Waals surface area (Å²) in [6.45, 7) is 2.23. The third-order valence-electron chi connectivity index (χ3n) is 3.93. The largest absolute Gasteiger partial charge is 0.464 e. The standard InChI is InChI=1S/C19H19NO4S/c1-13-3-4-16-15(10-23-17(16)7-13)8-19(22)24-11-18(21)20(2)9-14-5-6-25-12-14/h3-7,10,12H,8-9,11H2,1-2H3. The van der Waals surface area contributed by atoms with Gasteiger partial charge in [0.25, 0.3) is 5.91 Å². The molecule has 3 aromatic rings. The van der Waals surface area contributed by atoms with Gasteiger partial charge < -0.3 is 14.1 Å². The maximum atomic E-state index is 12.1. The van der Waals surface area contributed by atoms with Gasteiger partial charge in [0.1, 0.15) is 5.58 Å². The highest BCUT2D eigenvalue weighted by molar-refractivity contribution is 7.07. The molecule has 0 aliphatic heterocycles. The fourth-order valence-corrected chi connectivity index (χ4v) is 3.19. The number of nitrogens with zero attached hydrogens (tertiary/aromatic N) is 1. The number of benzene rings is 1. The van der Waals surface area contributed by atoms with Crippen molar-refractivity contribution in [2.24, 2.45) is 0 Å². The number of ether oxygens (including phenoxy) is 1. The predicted molar refractivity (Wildman–Crippen MR) is 96.4 cm³/mol. The van der Waals surface area contributed by atoms with Gasteiger partial charge in [-0.1, -0.05) is 12.1 Å². The topological polar surface area (TPSA) is 59.8 Å². The first kappa shape index (κ1) is 17.2. The normalized spacial score (nSPS) is 10.8. The average Bonchev–Trinajstić information content (AvgIpc) is 3.22. The van der Waals surface area contributed by atoms with E-state index in [0.717, 1.165) is 27.7 Å². The van der Waals surface area contributed by atoms with Gasteiger partial charge in [0, 0.05) is 24.5 Å². The quantitative estimate of drug-likeness (QED) is 0.633. The van der Waals surface area contributed by atoms with Crippen LogP contribution in [0.15, 0.2) is 45.7 Å². The van der Waals surface area contributed by atoms with Gasteiger partial charge in [-0.2, -0.15) is 11.3 Å². The van der Waals surface area contributed by atoms with Crippen molar-refractivity contribution in [2.45, 2.75) is 19.9 Å². The van der Waals surface area contributed by atoms with Crippen molar-refractivity contribution in [3.05, 3.63) is 58.0 Å². The minimum Gasteiger partial charge on any atom is -0.464 e. The summed E-state index contributed by atoms with van der Waals surface area (Å²) in [6.07, 6.45) is 1.65. The molecule has 0 N–H and O–H groups in total. The van der Waals surface area contributed by atoms with Crippen molar-refractivity contribution in [1.82, 2.24) is 4.90 Å². The molecule has 25 heavy (non-hydrogen) atoms. The van der Waals surface area contributed by atoms with Crippen LogP contribution in [0, 0.1) is 6.92 Å². The molecule has 0 aliphatic rings. The molecule has 0 aliphatic carbocycles. The van der Waals surface area contributed by atoms with E-state index >= 15 is 0 Å². The summed E-state index contributed by atoms with van der Waals surface area (Å²) < 4.78 is 10.6. The maximum absolute atomic E-state index is 12.1. The number of rotatable bonds is 6. The summed E-state index contributed by atoms with van der Waals surface area (Å²) >= 11 is 1.58. The van der Waals surface area contributed by atoms with Crippen LogP contribution in [0.1, 0.15) is 16.7 Å². The van der Waals surface area contributed by atoms with E-state index < -0.39 is 5.97 Å². The molecule has 2 aromatic heterocycles. The average molecular weight is 357 g/mol. The van der Waals surface area contributed by atoms with Crippen LogP contribution >= 0.6 is 11.3 Å². The molecule has 0 atom stereocenters. The zero-order valence-electron chi connectivity index (χ0n) is 14.2. The molecule has 3 rings (SSSR count). The van der Waals surface area contributed by atoms with Crippen molar-refractivity contribution in [1.29, 1.82) is 0 Å². The van der Waals surface area contributed by atoms with Gasteiger partial charge in [-0.25, -0.2) is 0 Å². The van der Waals surface area contributed by atoms with Crippen LogP contribution in [0.3, 0.4) is 0 Å². The fraction of sp³-hybridized carbons (Fsp3) is 0.263. The molecule has 130 valence electrons. The lowest BCUT2D eigenvalue weighted by molar-refractivity contribution is -0.151. The highest BCUT2D eigenvalue weighted by Crippen LogP contribution is 2.22. The van der Waals surface area contributed by atoms with Gasteiger partial charge in [-0.15, -0.1) is 0 Å². The van der Waals surface area contributed by atoms with Crippen LogP contribution in [0.25, 0.3) is 11.0 Å². The van der Waals surface area contributed by atoms with Gasteiger partial charge in [0.15, 0.2) is 6.61 Å². The van der Waals surface area contributed by atoms with Gasteiger partial charge in [-0.3, -0.25) is 9.59 Å². The number of likely N-dealkylation sites (N-methyl/N-ethyl adjacent to an activating group) is 1. The van der Waals surface area contributed by atoms with Crippen molar-refractivity contribution < 1.29 is 18.7 Å². The Morgan fingerprint density at radius 1 is 1.28 bits per heavy atom. The van der Waals surface area contributed by atoms with Crippen LogP contribution in [-0.4, -0.2) is 30.4 Å². The monoisotopic (exact) mass is 357 g/mol. The van der Waals surface area contributed by atoms with Crippen LogP contribution in [0.5, 0.6) is 0 Å². The molecule has 1 aromatic carbocycles. The number of thiophene rings is 1. The van der Waals surface area contributed by atoms with E-state index in [1.165, 1.54) is 0 Å².